The predicted octanol–water partition coefficient (Wildman–Crippen LogP) is 3.85. The Morgan fingerprint density at radius 3 is 2.35 bits per heavy atom. The van der Waals surface area contributed by atoms with Gasteiger partial charge in [-0.25, -0.2) is 9.18 Å². The zero-order valence-corrected chi connectivity index (χ0v) is 11.9. The molecule has 0 aliphatic rings. The first kappa shape index (κ1) is 14.5. The quantitative estimate of drug-likeness (QED) is 0.799. The van der Waals surface area contributed by atoms with Crippen molar-refractivity contribution in [2.45, 2.75) is 0 Å². The van der Waals surface area contributed by atoms with Crippen LogP contribution >= 0.6 is 0 Å². The maximum atomic E-state index is 14.0. The van der Waals surface area contributed by atoms with Crippen molar-refractivity contribution >= 4 is 5.97 Å². The van der Waals surface area contributed by atoms with Crippen molar-refractivity contribution in [2.24, 2.45) is 0 Å². The molecule has 3 rings (SSSR count). The number of nitriles is 1. The molecule has 1 N–H and O–H groups in total. The Morgan fingerprint density at radius 2 is 1.74 bits per heavy atom. The molecular weight excluding hydrogens is 295 g/mol. The predicted molar refractivity (Wildman–Crippen MR) is 82.8 cm³/mol. The standard InChI is InChI=1S/C18H11FN2O2/c19-17-4-2-1-3-15(17)16-11-21(10-13(16)9-20)14-7-5-12(6-8-14)18(22)23/h1-8,10-11H,(H,22,23). The van der Waals surface area contributed by atoms with E-state index in [2.05, 4.69) is 6.07 Å². The summed E-state index contributed by atoms with van der Waals surface area (Å²) in [6, 6.07) is 14.5. The Labute approximate surface area is 131 Å². The van der Waals surface area contributed by atoms with Gasteiger partial charge >= 0.3 is 5.97 Å². The lowest BCUT2D eigenvalue weighted by Crippen LogP contribution is -1.97. The average Bonchev–Trinajstić information content (AvgIpc) is 2.99. The average molecular weight is 306 g/mol. The molecule has 0 unspecified atom stereocenters. The molecule has 0 atom stereocenters. The third-order valence-electron chi connectivity index (χ3n) is 3.52. The minimum absolute atomic E-state index is 0.177. The van der Waals surface area contributed by atoms with Crippen LogP contribution in [0.15, 0.2) is 60.9 Å². The molecule has 1 heterocycles. The number of halogens is 1. The van der Waals surface area contributed by atoms with Crippen LogP contribution in [0.5, 0.6) is 0 Å². The van der Waals surface area contributed by atoms with Crippen LogP contribution in [0.4, 0.5) is 4.39 Å². The number of carbonyl (C=O) groups is 1. The van der Waals surface area contributed by atoms with Gasteiger partial charge in [0.2, 0.25) is 0 Å². The summed E-state index contributed by atoms with van der Waals surface area (Å²) in [6.45, 7) is 0. The van der Waals surface area contributed by atoms with Gasteiger partial charge in [0.1, 0.15) is 11.9 Å². The van der Waals surface area contributed by atoms with Crippen molar-refractivity contribution in [3.63, 3.8) is 0 Å². The van der Waals surface area contributed by atoms with E-state index in [-0.39, 0.29) is 5.56 Å². The second-order valence-electron chi connectivity index (χ2n) is 4.94. The van der Waals surface area contributed by atoms with Crippen molar-refractivity contribution in [3.8, 4) is 22.9 Å². The van der Waals surface area contributed by atoms with Crippen LogP contribution in [0.25, 0.3) is 16.8 Å². The highest BCUT2D eigenvalue weighted by molar-refractivity contribution is 5.87. The first-order valence-electron chi connectivity index (χ1n) is 6.81. The third kappa shape index (κ3) is 2.70. The fourth-order valence-corrected chi connectivity index (χ4v) is 2.36. The zero-order chi connectivity index (χ0) is 16.4. The lowest BCUT2D eigenvalue weighted by molar-refractivity contribution is 0.0697. The Kier molecular flexibility index (Phi) is 3.65. The highest BCUT2D eigenvalue weighted by Crippen LogP contribution is 2.28. The lowest BCUT2D eigenvalue weighted by atomic mass is 10.1. The fraction of sp³-hybridized carbons (Fsp3) is 0. The number of carboxylic acid groups (broad SMARTS) is 1. The molecule has 0 fully saturated rings. The highest BCUT2D eigenvalue weighted by atomic mass is 19.1. The Bertz CT molecular complexity index is 921. The molecule has 0 radical (unpaired) electrons. The van der Waals surface area contributed by atoms with Gasteiger partial charge in [0.05, 0.1) is 11.1 Å². The van der Waals surface area contributed by atoms with E-state index in [1.165, 1.54) is 18.2 Å². The van der Waals surface area contributed by atoms with Crippen molar-refractivity contribution in [1.82, 2.24) is 4.57 Å². The first-order valence-corrected chi connectivity index (χ1v) is 6.81. The summed E-state index contributed by atoms with van der Waals surface area (Å²) in [4.78, 5) is 10.9. The van der Waals surface area contributed by atoms with E-state index in [9.17, 15) is 14.4 Å². The lowest BCUT2D eigenvalue weighted by Gasteiger charge is -2.03. The topological polar surface area (TPSA) is 66.0 Å². The molecule has 0 saturated carbocycles. The van der Waals surface area contributed by atoms with Gasteiger partial charge in [0.15, 0.2) is 0 Å². The van der Waals surface area contributed by atoms with Crippen molar-refractivity contribution in [3.05, 3.63) is 77.9 Å². The Balaban J connectivity index is 2.08. The second-order valence-corrected chi connectivity index (χ2v) is 4.94. The molecule has 4 nitrogen and oxygen atoms in total. The molecule has 2 aromatic carbocycles. The van der Waals surface area contributed by atoms with Crippen LogP contribution in [0.3, 0.4) is 0 Å². The van der Waals surface area contributed by atoms with E-state index in [1.54, 1.807) is 47.3 Å². The molecule has 0 aliphatic carbocycles. The summed E-state index contributed by atoms with van der Waals surface area (Å²) in [5.74, 6) is -1.41. The first-order chi connectivity index (χ1) is 11.1. The third-order valence-corrected chi connectivity index (χ3v) is 3.52. The summed E-state index contributed by atoms with van der Waals surface area (Å²) < 4.78 is 15.6. The van der Waals surface area contributed by atoms with Crippen LogP contribution < -0.4 is 0 Å². The number of hydrogen-bond donors (Lipinski definition) is 1. The summed E-state index contributed by atoms with van der Waals surface area (Å²) in [6.07, 6.45) is 3.25. The molecule has 1 aromatic heterocycles. The maximum absolute atomic E-state index is 14.0. The fourth-order valence-electron chi connectivity index (χ4n) is 2.36. The molecule has 112 valence electrons. The van der Waals surface area contributed by atoms with Gasteiger partial charge in [0, 0.05) is 29.2 Å². The summed E-state index contributed by atoms with van der Waals surface area (Å²) in [5, 5.41) is 18.2. The van der Waals surface area contributed by atoms with Crippen LogP contribution in [-0.2, 0) is 0 Å². The van der Waals surface area contributed by atoms with Gasteiger partial charge in [0.25, 0.3) is 0 Å². The van der Waals surface area contributed by atoms with Gasteiger partial charge in [-0.05, 0) is 30.3 Å². The SMILES string of the molecule is N#Cc1cn(-c2ccc(C(=O)O)cc2)cc1-c1ccccc1F. The minimum Gasteiger partial charge on any atom is -0.478 e. The molecule has 23 heavy (non-hydrogen) atoms. The minimum atomic E-state index is -1.01. The summed E-state index contributed by atoms with van der Waals surface area (Å²) in [7, 11) is 0. The number of benzene rings is 2. The van der Waals surface area contributed by atoms with Crippen LogP contribution in [0.1, 0.15) is 15.9 Å². The van der Waals surface area contributed by atoms with Crippen LogP contribution in [0.2, 0.25) is 0 Å². The van der Waals surface area contributed by atoms with Crippen molar-refractivity contribution in [1.29, 1.82) is 5.26 Å². The molecule has 0 aliphatic heterocycles. The summed E-state index contributed by atoms with van der Waals surface area (Å²) >= 11 is 0. The molecule has 5 heteroatoms. The molecule has 0 spiro atoms. The van der Waals surface area contributed by atoms with E-state index in [1.807, 2.05) is 0 Å². The van der Waals surface area contributed by atoms with Gasteiger partial charge in [-0.3, -0.25) is 0 Å². The van der Waals surface area contributed by atoms with Crippen molar-refractivity contribution in [2.75, 3.05) is 0 Å². The number of aromatic nitrogens is 1. The number of nitrogens with zero attached hydrogens (tertiary/aromatic N) is 2. The number of hydrogen-bond acceptors (Lipinski definition) is 2. The zero-order valence-electron chi connectivity index (χ0n) is 11.9. The van der Waals surface area contributed by atoms with Gasteiger partial charge in [-0.15, -0.1) is 0 Å². The van der Waals surface area contributed by atoms with Crippen LogP contribution in [0, 0.1) is 17.1 Å². The Hall–Kier alpha value is -3.39. The molecular formula is C18H11FN2O2. The number of carboxylic acids is 1. The second kappa shape index (κ2) is 5.78. The van der Waals surface area contributed by atoms with Gasteiger partial charge in [-0.1, -0.05) is 18.2 Å². The largest absolute Gasteiger partial charge is 0.478 e. The monoisotopic (exact) mass is 306 g/mol. The Morgan fingerprint density at radius 1 is 1.04 bits per heavy atom. The van der Waals surface area contributed by atoms with E-state index in [0.717, 1.165) is 0 Å². The van der Waals surface area contributed by atoms with Gasteiger partial charge in [-0.2, -0.15) is 5.26 Å². The summed E-state index contributed by atoms with van der Waals surface area (Å²) in [5.41, 5.74) is 2.06. The van der Waals surface area contributed by atoms with Crippen LogP contribution in [-0.4, -0.2) is 15.6 Å². The number of rotatable bonds is 3. The van der Waals surface area contributed by atoms with E-state index in [0.29, 0.717) is 22.4 Å². The molecule has 3 aromatic rings. The number of aromatic carboxylic acids is 1. The van der Waals surface area contributed by atoms with Gasteiger partial charge < -0.3 is 9.67 Å². The van der Waals surface area contributed by atoms with E-state index < -0.39 is 11.8 Å². The molecule has 0 saturated heterocycles. The van der Waals surface area contributed by atoms with E-state index >= 15 is 0 Å². The maximum Gasteiger partial charge on any atom is 0.335 e. The molecule has 0 amide bonds. The smallest absolute Gasteiger partial charge is 0.335 e. The molecule has 0 bridgehead atoms. The van der Waals surface area contributed by atoms with E-state index in [4.69, 9.17) is 5.11 Å². The van der Waals surface area contributed by atoms with Crippen molar-refractivity contribution < 1.29 is 14.3 Å². The highest BCUT2D eigenvalue weighted by Gasteiger charge is 2.13. The normalized spacial score (nSPS) is 10.3.